The molecule has 4 rings (SSSR count). The number of nitrogens with zero attached hydrogens (tertiary/aromatic N) is 3. The number of carbonyl (C=O) groups excluding carboxylic acids is 1. The van der Waals surface area contributed by atoms with Gasteiger partial charge in [-0.15, -0.1) is 21.5 Å². The maximum atomic E-state index is 12.8. The highest BCUT2D eigenvalue weighted by Crippen LogP contribution is 2.42. The van der Waals surface area contributed by atoms with E-state index in [-0.39, 0.29) is 11.2 Å². The van der Waals surface area contributed by atoms with Gasteiger partial charge in [-0.25, -0.2) is 0 Å². The maximum absolute atomic E-state index is 12.8. The first-order chi connectivity index (χ1) is 13.7. The Morgan fingerprint density at radius 2 is 2.14 bits per heavy atom. The van der Waals surface area contributed by atoms with Crippen LogP contribution in [0.5, 0.6) is 5.75 Å². The Morgan fingerprint density at radius 3 is 2.86 bits per heavy atom. The van der Waals surface area contributed by atoms with Crippen molar-refractivity contribution in [1.82, 2.24) is 14.8 Å². The van der Waals surface area contributed by atoms with Crippen LogP contribution in [0.1, 0.15) is 32.7 Å². The van der Waals surface area contributed by atoms with Crippen LogP contribution in [0.2, 0.25) is 0 Å². The van der Waals surface area contributed by atoms with Crippen molar-refractivity contribution in [3.8, 4) is 16.5 Å². The molecule has 1 aliphatic carbocycles. The van der Waals surface area contributed by atoms with Crippen LogP contribution < -0.4 is 10.1 Å². The molecule has 1 saturated carbocycles. The Balaban J connectivity index is 1.50. The van der Waals surface area contributed by atoms with Crippen LogP contribution in [-0.4, -0.2) is 32.5 Å². The number of para-hydroxylation sites is 2. The molecule has 6 nitrogen and oxygen atoms in total. The summed E-state index contributed by atoms with van der Waals surface area (Å²) >= 11 is 3.10. The minimum atomic E-state index is -0.312. The summed E-state index contributed by atoms with van der Waals surface area (Å²) in [4.78, 5) is 13.9. The fourth-order valence-corrected chi connectivity index (χ4v) is 4.52. The van der Waals surface area contributed by atoms with Gasteiger partial charge in [-0.1, -0.05) is 30.0 Å². The molecule has 3 aromatic rings. The van der Waals surface area contributed by atoms with Crippen LogP contribution >= 0.6 is 23.1 Å². The van der Waals surface area contributed by atoms with E-state index in [1.165, 1.54) is 11.8 Å². The minimum absolute atomic E-state index is 0.0832. The van der Waals surface area contributed by atoms with Gasteiger partial charge >= 0.3 is 0 Å². The molecule has 0 bridgehead atoms. The topological polar surface area (TPSA) is 69.0 Å². The highest BCUT2D eigenvalue weighted by molar-refractivity contribution is 8.00. The Labute approximate surface area is 172 Å². The zero-order chi connectivity index (χ0) is 19.5. The van der Waals surface area contributed by atoms with Crippen molar-refractivity contribution >= 4 is 34.7 Å². The summed E-state index contributed by atoms with van der Waals surface area (Å²) in [6.07, 6.45) is 2.26. The molecule has 1 N–H and O–H groups in total. The van der Waals surface area contributed by atoms with Crippen molar-refractivity contribution in [2.24, 2.45) is 0 Å². The van der Waals surface area contributed by atoms with E-state index in [0.717, 1.165) is 28.7 Å². The summed E-state index contributed by atoms with van der Waals surface area (Å²) in [5.41, 5.74) is 0.685. The zero-order valence-electron chi connectivity index (χ0n) is 15.8. The lowest BCUT2D eigenvalue weighted by Crippen LogP contribution is -2.23. The summed E-state index contributed by atoms with van der Waals surface area (Å²) in [6, 6.07) is 12.0. The molecule has 1 amide bonds. The first-order valence-electron chi connectivity index (χ1n) is 9.35. The van der Waals surface area contributed by atoms with E-state index in [1.54, 1.807) is 11.3 Å². The monoisotopic (exact) mass is 414 g/mol. The summed E-state index contributed by atoms with van der Waals surface area (Å²) in [7, 11) is 0. The molecule has 1 atom stereocenters. The third-order valence-corrected chi connectivity index (χ3v) is 6.34. The van der Waals surface area contributed by atoms with E-state index in [4.69, 9.17) is 4.74 Å². The van der Waals surface area contributed by atoms with Gasteiger partial charge in [0.05, 0.1) is 22.4 Å². The average molecular weight is 415 g/mol. The van der Waals surface area contributed by atoms with Gasteiger partial charge in [0.25, 0.3) is 0 Å². The number of rotatable bonds is 8. The van der Waals surface area contributed by atoms with Crippen molar-refractivity contribution in [3.63, 3.8) is 0 Å². The van der Waals surface area contributed by atoms with Gasteiger partial charge in [0.1, 0.15) is 5.75 Å². The lowest BCUT2D eigenvalue weighted by atomic mass is 10.3. The number of ether oxygens (including phenoxy) is 1. The Bertz CT molecular complexity index is 951. The molecule has 2 aromatic heterocycles. The van der Waals surface area contributed by atoms with Crippen LogP contribution in [0.15, 0.2) is 46.9 Å². The average Bonchev–Trinajstić information content (AvgIpc) is 3.22. The van der Waals surface area contributed by atoms with Crippen LogP contribution in [0.25, 0.3) is 10.7 Å². The number of benzene rings is 1. The molecule has 8 heteroatoms. The number of carbonyl (C=O) groups is 1. The number of thiophene rings is 1. The normalized spacial score (nSPS) is 14.6. The molecule has 0 radical (unpaired) electrons. The van der Waals surface area contributed by atoms with Crippen molar-refractivity contribution in [3.05, 3.63) is 41.8 Å². The largest absolute Gasteiger partial charge is 0.492 e. The van der Waals surface area contributed by atoms with Gasteiger partial charge in [-0.3, -0.25) is 9.36 Å². The van der Waals surface area contributed by atoms with Gasteiger partial charge < -0.3 is 10.1 Å². The third-order valence-electron chi connectivity index (χ3n) is 4.41. The SMILES string of the molecule is CCOc1ccccc1NC(=O)[C@H](C)Sc1nnc(-c2cccs2)n1C1CC1. The van der Waals surface area contributed by atoms with Crippen LogP contribution in [0.4, 0.5) is 5.69 Å². The van der Waals surface area contributed by atoms with E-state index in [9.17, 15) is 4.79 Å². The van der Waals surface area contributed by atoms with E-state index in [1.807, 2.05) is 49.6 Å². The van der Waals surface area contributed by atoms with Gasteiger partial charge in [-0.05, 0) is 50.3 Å². The molecule has 0 unspecified atom stereocenters. The quantitative estimate of drug-likeness (QED) is 0.533. The first kappa shape index (κ1) is 19.0. The third kappa shape index (κ3) is 4.07. The van der Waals surface area contributed by atoms with E-state index < -0.39 is 0 Å². The predicted octanol–water partition coefficient (Wildman–Crippen LogP) is 4.86. The molecule has 146 valence electrons. The van der Waals surface area contributed by atoms with Crippen molar-refractivity contribution in [2.75, 3.05) is 11.9 Å². The molecule has 1 aliphatic rings. The van der Waals surface area contributed by atoms with Gasteiger partial charge in [0.2, 0.25) is 5.91 Å². The number of anilines is 1. The second-order valence-electron chi connectivity index (χ2n) is 6.56. The van der Waals surface area contributed by atoms with Crippen LogP contribution in [0, 0.1) is 0 Å². The fourth-order valence-electron chi connectivity index (χ4n) is 2.89. The second-order valence-corrected chi connectivity index (χ2v) is 8.82. The standard InChI is InChI=1S/C20H22N4O2S2/c1-3-26-16-8-5-4-7-15(16)21-19(25)13(2)28-20-23-22-18(17-9-6-12-27-17)24(20)14-10-11-14/h4-9,12-14H,3,10-11H2,1-2H3,(H,21,25)/t13-/m0/s1. The van der Waals surface area contributed by atoms with Gasteiger partial charge in [0.15, 0.2) is 11.0 Å². The van der Waals surface area contributed by atoms with E-state index in [2.05, 4.69) is 26.1 Å². The molecular weight excluding hydrogens is 392 g/mol. The van der Waals surface area contributed by atoms with E-state index >= 15 is 0 Å². The molecule has 1 aromatic carbocycles. The zero-order valence-corrected chi connectivity index (χ0v) is 17.4. The Hall–Kier alpha value is -2.32. The molecule has 0 aliphatic heterocycles. The smallest absolute Gasteiger partial charge is 0.237 e. The molecule has 0 saturated heterocycles. The lowest BCUT2D eigenvalue weighted by Gasteiger charge is -2.15. The molecule has 0 spiro atoms. The number of thioether (sulfide) groups is 1. The van der Waals surface area contributed by atoms with E-state index in [0.29, 0.717) is 24.1 Å². The Morgan fingerprint density at radius 1 is 1.32 bits per heavy atom. The van der Waals surface area contributed by atoms with Gasteiger partial charge in [0, 0.05) is 6.04 Å². The molecular formula is C20H22N4O2S2. The van der Waals surface area contributed by atoms with Crippen molar-refractivity contribution in [1.29, 1.82) is 0 Å². The maximum Gasteiger partial charge on any atom is 0.237 e. The summed E-state index contributed by atoms with van der Waals surface area (Å²) in [6.45, 7) is 4.36. The van der Waals surface area contributed by atoms with Crippen molar-refractivity contribution in [2.45, 2.75) is 43.1 Å². The van der Waals surface area contributed by atoms with Gasteiger partial charge in [-0.2, -0.15) is 0 Å². The summed E-state index contributed by atoms with van der Waals surface area (Å²) in [5, 5.41) is 14.3. The number of hydrogen-bond acceptors (Lipinski definition) is 6. The fraction of sp³-hybridized carbons (Fsp3) is 0.350. The first-order valence-corrected chi connectivity index (χ1v) is 11.1. The molecule has 1 fully saturated rings. The van der Waals surface area contributed by atoms with Crippen molar-refractivity contribution < 1.29 is 9.53 Å². The predicted molar refractivity (Wildman–Crippen MR) is 113 cm³/mol. The number of amides is 1. The summed E-state index contributed by atoms with van der Waals surface area (Å²) < 4.78 is 7.78. The lowest BCUT2D eigenvalue weighted by molar-refractivity contribution is -0.115. The highest BCUT2D eigenvalue weighted by Gasteiger charge is 2.31. The molecule has 28 heavy (non-hydrogen) atoms. The number of hydrogen-bond donors (Lipinski definition) is 1. The van der Waals surface area contributed by atoms with Crippen LogP contribution in [-0.2, 0) is 4.79 Å². The summed E-state index contributed by atoms with van der Waals surface area (Å²) in [5.74, 6) is 1.49. The number of aromatic nitrogens is 3. The Kier molecular flexibility index (Phi) is 5.68. The van der Waals surface area contributed by atoms with Crippen LogP contribution in [0.3, 0.4) is 0 Å². The minimum Gasteiger partial charge on any atom is -0.492 e. The number of nitrogens with one attached hydrogen (secondary N) is 1. The highest BCUT2D eigenvalue weighted by atomic mass is 32.2. The molecule has 2 heterocycles. The second kappa shape index (κ2) is 8.36.